The van der Waals surface area contributed by atoms with Gasteiger partial charge in [-0.2, -0.15) is 0 Å². The van der Waals surface area contributed by atoms with E-state index in [-0.39, 0.29) is 141 Å². The normalized spacial score (nSPS) is 13.7. The minimum Gasteiger partial charge on any atom is -0.854 e. The monoisotopic (exact) mass is 618 g/mol. The molecule has 0 unspecified atom stereocenters. The Kier molecular flexibility index (Phi) is 27.3. The van der Waals surface area contributed by atoms with Gasteiger partial charge in [0.25, 0.3) is 0 Å². The number of halogens is 2. The number of carbonyl (C=O) groups excluding carboxylic acids is 2. The SMILES string of the molecule is C/C(=C/C(=C\CC[O-])Cc1c(Cl)ccc(S([O-])(O)O)c1Cl)CO.CC1=CCC=C(C(=O)[O-])C1=O.O.[Na+].[Na+].[Na+]. The van der Waals surface area contributed by atoms with E-state index >= 15 is 0 Å². The standard InChI is InChI=1S/C15H19Cl2O5S.C8H8O3.3Na.H2O/c1-10(9-19)7-11(3-2-6-18)8-12-13(16)4-5-14(15(12)17)23(20,21)22;1-5-3-2-4-6(7(5)9)8(10)11;;;;/h3-5,7,19-22H,2,6,8-9H2,1H3;3-4H,2H2,1H3,(H,10,11);;;;1H2/q-1;;3*+1;/p-2/b10-7-,11-3+;;;;;. The number of aliphatic hydroxyl groups is 1. The largest absolute Gasteiger partial charge is 1.00 e. The summed E-state index contributed by atoms with van der Waals surface area (Å²) in [6, 6.07) is 2.56. The number of carboxylic acid groups (broad SMARTS) is 1. The van der Waals surface area contributed by atoms with E-state index in [4.69, 9.17) is 28.3 Å². The maximum atomic E-state index is 11.4. The van der Waals surface area contributed by atoms with E-state index < -0.39 is 22.6 Å². The summed E-state index contributed by atoms with van der Waals surface area (Å²) in [6.45, 7) is 2.88. The fourth-order valence-corrected chi connectivity index (χ4v) is 4.27. The zero-order valence-corrected chi connectivity index (χ0v) is 30.4. The molecule has 9 nitrogen and oxygen atoms in total. The molecule has 0 radical (unpaired) electrons. The first-order valence-corrected chi connectivity index (χ1v) is 12.2. The van der Waals surface area contributed by atoms with E-state index in [9.17, 15) is 33.5 Å². The van der Waals surface area contributed by atoms with Crippen molar-refractivity contribution in [3.63, 3.8) is 0 Å². The Bertz CT molecular complexity index is 1050. The molecule has 0 saturated carbocycles. The number of ketones is 1. The maximum Gasteiger partial charge on any atom is 1.00 e. The first kappa shape index (κ1) is 46.0. The summed E-state index contributed by atoms with van der Waals surface area (Å²) in [4.78, 5) is 21.0. The van der Waals surface area contributed by atoms with Gasteiger partial charge in [0.05, 0.1) is 17.6 Å². The molecule has 0 spiro atoms. The van der Waals surface area contributed by atoms with Crippen LogP contribution >= 0.6 is 34.1 Å². The van der Waals surface area contributed by atoms with Gasteiger partial charge in [0.2, 0.25) is 0 Å². The number of rotatable bonds is 8. The molecule has 1 aromatic rings. The number of carbonyl (C=O) groups is 2. The summed E-state index contributed by atoms with van der Waals surface area (Å²) in [6.07, 6.45) is 7.43. The van der Waals surface area contributed by atoms with Gasteiger partial charge >= 0.3 is 88.7 Å². The van der Waals surface area contributed by atoms with E-state index in [0.717, 1.165) is 0 Å². The molecule has 0 saturated heterocycles. The molecule has 0 atom stereocenters. The smallest absolute Gasteiger partial charge is 0.854 e. The van der Waals surface area contributed by atoms with Gasteiger partial charge in [0.15, 0.2) is 5.78 Å². The molecule has 1 aliphatic rings. The zero-order chi connectivity index (χ0) is 26.1. The van der Waals surface area contributed by atoms with Crippen molar-refractivity contribution >= 4 is 45.8 Å². The molecule has 1 aliphatic carbocycles. The molecule has 38 heavy (non-hydrogen) atoms. The molecule has 5 N–H and O–H groups in total. The van der Waals surface area contributed by atoms with Crippen LogP contribution in [0.2, 0.25) is 10.0 Å². The minimum atomic E-state index is -4.22. The molecule has 0 fully saturated rings. The van der Waals surface area contributed by atoms with Crippen molar-refractivity contribution in [3.8, 4) is 0 Å². The van der Waals surface area contributed by atoms with E-state index in [1.54, 1.807) is 32.1 Å². The molecule has 0 heterocycles. The second-order valence-corrected chi connectivity index (χ2v) is 9.51. The van der Waals surface area contributed by atoms with E-state index in [1.807, 2.05) is 0 Å². The van der Waals surface area contributed by atoms with Crippen molar-refractivity contribution in [2.75, 3.05) is 13.2 Å². The van der Waals surface area contributed by atoms with Gasteiger partial charge in [-0.05, 0) is 61.1 Å². The number of aliphatic carboxylic acids is 1. The van der Waals surface area contributed by atoms with Crippen LogP contribution in [-0.4, -0.2) is 49.2 Å². The third-order valence-electron chi connectivity index (χ3n) is 4.59. The van der Waals surface area contributed by atoms with E-state index in [1.165, 1.54) is 18.2 Å². The van der Waals surface area contributed by atoms with Crippen LogP contribution in [0.15, 0.2) is 63.6 Å². The summed E-state index contributed by atoms with van der Waals surface area (Å²) in [5, 5.41) is 30.3. The third kappa shape index (κ3) is 15.3. The van der Waals surface area contributed by atoms with Gasteiger partial charge in [-0.3, -0.25) is 4.79 Å². The Morgan fingerprint density at radius 1 is 1.16 bits per heavy atom. The number of Topliss-reactive ketones (excluding diaryl/α,β-unsaturated/α-hetero) is 1. The topological polar surface area (TPSA) is 196 Å². The van der Waals surface area contributed by atoms with Crippen LogP contribution in [0.25, 0.3) is 0 Å². The second-order valence-electron chi connectivity index (χ2n) is 7.29. The summed E-state index contributed by atoms with van der Waals surface area (Å²) < 4.78 is 30.0. The molecule has 2 rings (SSSR count). The van der Waals surface area contributed by atoms with Crippen molar-refractivity contribution in [1.82, 2.24) is 0 Å². The maximum absolute atomic E-state index is 11.4. The van der Waals surface area contributed by atoms with Crippen molar-refractivity contribution in [2.24, 2.45) is 0 Å². The Morgan fingerprint density at radius 3 is 2.18 bits per heavy atom. The van der Waals surface area contributed by atoms with Crippen molar-refractivity contribution in [1.29, 1.82) is 0 Å². The van der Waals surface area contributed by atoms with Crippen molar-refractivity contribution in [2.45, 2.75) is 38.0 Å². The minimum absolute atomic E-state index is 0. The van der Waals surface area contributed by atoms with Crippen LogP contribution in [0.1, 0.15) is 32.3 Å². The summed E-state index contributed by atoms with van der Waals surface area (Å²) in [7, 11) is -4.22. The van der Waals surface area contributed by atoms with Crippen molar-refractivity contribution < 1.29 is 133 Å². The number of hydrogen-bond acceptors (Lipinski definition) is 8. The van der Waals surface area contributed by atoms with Gasteiger partial charge in [-0.15, -0.1) is 6.61 Å². The molecule has 0 aliphatic heterocycles. The average Bonchev–Trinajstić information content (AvgIpc) is 2.75. The number of aliphatic hydroxyl groups excluding tert-OH is 1. The predicted octanol–water partition coefficient (Wildman–Crippen LogP) is -6.84. The molecule has 0 bridgehead atoms. The first-order chi connectivity index (χ1) is 15.8. The number of hydrogen-bond donors (Lipinski definition) is 3. The molecular formula is C23H27Cl2Na3O9S. The van der Waals surface area contributed by atoms with Crippen LogP contribution < -0.4 is 98.9 Å². The fourth-order valence-electron chi connectivity index (χ4n) is 2.86. The number of benzene rings is 1. The molecule has 0 aromatic heterocycles. The summed E-state index contributed by atoms with van der Waals surface area (Å²) in [5.74, 6) is -1.82. The Hall–Kier alpha value is 1.01. The molecule has 1 aromatic carbocycles. The van der Waals surface area contributed by atoms with Crippen LogP contribution in [-0.2, 0) is 16.0 Å². The molecule has 196 valence electrons. The quantitative estimate of drug-likeness (QED) is 0.145. The van der Waals surface area contributed by atoms with Crippen molar-refractivity contribution in [3.05, 3.63) is 74.3 Å². The first-order valence-electron chi connectivity index (χ1n) is 9.97. The van der Waals surface area contributed by atoms with Crippen LogP contribution in [0, 0.1) is 0 Å². The second kappa shape index (κ2) is 22.6. The summed E-state index contributed by atoms with van der Waals surface area (Å²) in [5.41, 5.74) is 1.99. The van der Waals surface area contributed by atoms with E-state index in [2.05, 4.69) is 0 Å². The zero-order valence-electron chi connectivity index (χ0n) is 22.0. The molecular weight excluding hydrogens is 592 g/mol. The Labute approximate surface area is 300 Å². The van der Waals surface area contributed by atoms with Gasteiger partial charge in [-0.1, -0.05) is 58.4 Å². The van der Waals surface area contributed by atoms with Gasteiger partial charge in [0.1, 0.15) is 0 Å². The Morgan fingerprint density at radius 2 is 1.74 bits per heavy atom. The number of carboxylic acids is 1. The van der Waals surface area contributed by atoms with Crippen LogP contribution in [0.3, 0.4) is 0 Å². The van der Waals surface area contributed by atoms with Gasteiger partial charge in [0, 0.05) is 21.9 Å². The molecule has 15 heteroatoms. The summed E-state index contributed by atoms with van der Waals surface area (Å²) >= 11 is 12.2. The van der Waals surface area contributed by atoms with Crippen LogP contribution in [0.5, 0.6) is 0 Å². The van der Waals surface area contributed by atoms with Crippen LogP contribution in [0.4, 0.5) is 0 Å². The molecule has 0 amide bonds. The van der Waals surface area contributed by atoms with E-state index in [0.29, 0.717) is 28.7 Å². The van der Waals surface area contributed by atoms with Gasteiger partial charge < -0.3 is 39.2 Å². The third-order valence-corrected chi connectivity index (χ3v) is 6.40. The Balaban J connectivity index is -0.000000330. The number of allylic oxidation sites excluding steroid dienone is 5. The van der Waals surface area contributed by atoms with Gasteiger partial charge in [-0.25, -0.2) is 0 Å². The average molecular weight is 619 g/mol. The fraction of sp³-hybridized carbons (Fsp3) is 0.304. The predicted molar refractivity (Wildman–Crippen MR) is 131 cm³/mol.